The Balaban J connectivity index is 1.64. The number of fused-ring (bicyclic) bond motifs is 1. The van der Waals surface area contributed by atoms with Gasteiger partial charge in [-0.15, -0.1) is 0 Å². The van der Waals surface area contributed by atoms with E-state index >= 15 is 0 Å². The largest absolute Gasteiger partial charge is 0.390 e. The highest BCUT2D eigenvalue weighted by Crippen LogP contribution is 2.39. The summed E-state index contributed by atoms with van der Waals surface area (Å²) in [6, 6.07) is 3.85. The molecule has 1 aliphatic carbocycles. The van der Waals surface area contributed by atoms with Crippen molar-refractivity contribution >= 4 is 11.0 Å². The van der Waals surface area contributed by atoms with Crippen LogP contribution < -0.4 is 0 Å². The van der Waals surface area contributed by atoms with Crippen molar-refractivity contribution < 1.29 is 20.1 Å². The van der Waals surface area contributed by atoms with E-state index in [1.165, 1.54) is 0 Å². The predicted molar refractivity (Wildman–Crippen MR) is 83.7 cm³/mol. The maximum atomic E-state index is 10.4. The zero-order valence-corrected chi connectivity index (χ0v) is 13.0. The number of hydrogen-bond donors (Lipinski definition) is 3. The van der Waals surface area contributed by atoms with E-state index in [-0.39, 0.29) is 5.92 Å². The van der Waals surface area contributed by atoms with E-state index in [1.54, 1.807) is 10.8 Å². The van der Waals surface area contributed by atoms with Gasteiger partial charge in [0.1, 0.15) is 24.0 Å². The lowest BCUT2D eigenvalue weighted by molar-refractivity contribution is -0.111. The third kappa shape index (κ3) is 2.29. The first-order valence-corrected chi connectivity index (χ1v) is 8.19. The van der Waals surface area contributed by atoms with Gasteiger partial charge in [-0.2, -0.15) is 0 Å². The lowest BCUT2D eigenvalue weighted by Crippen LogP contribution is -2.44. The number of aryl methyl sites for hydroxylation is 1. The Labute approximate surface area is 134 Å². The fourth-order valence-corrected chi connectivity index (χ4v) is 3.65. The molecule has 1 saturated carbocycles. The number of ether oxygens (including phenoxy) is 1. The van der Waals surface area contributed by atoms with E-state index in [4.69, 9.17) is 4.74 Å². The summed E-state index contributed by atoms with van der Waals surface area (Å²) >= 11 is 0. The maximum absolute atomic E-state index is 10.4. The summed E-state index contributed by atoms with van der Waals surface area (Å²) in [5.41, 5.74) is 1.80. The Morgan fingerprint density at radius 3 is 2.74 bits per heavy atom. The third-order valence-electron chi connectivity index (χ3n) is 5.35. The first-order valence-electron chi connectivity index (χ1n) is 8.19. The average molecular weight is 318 g/mol. The van der Waals surface area contributed by atoms with Crippen LogP contribution in [0.1, 0.15) is 31.1 Å². The molecule has 1 aliphatic heterocycles. The third-order valence-corrected chi connectivity index (χ3v) is 5.35. The van der Waals surface area contributed by atoms with Gasteiger partial charge in [0.15, 0.2) is 6.23 Å². The Hall–Kier alpha value is -1.47. The predicted octanol–water partition coefficient (Wildman–Crippen LogP) is 1.12. The van der Waals surface area contributed by atoms with Crippen LogP contribution in [0.3, 0.4) is 0 Å². The van der Waals surface area contributed by atoms with Crippen molar-refractivity contribution in [3.63, 3.8) is 0 Å². The van der Waals surface area contributed by atoms with Crippen LogP contribution >= 0.6 is 0 Å². The van der Waals surface area contributed by atoms with E-state index in [0.717, 1.165) is 30.2 Å². The van der Waals surface area contributed by atoms with Gasteiger partial charge < -0.3 is 24.6 Å². The number of aromatic nitrogens is 2. The minimum absolute atomic E-state index is 0.155. The van der Waals surface area contributed by atoms with Crippen LogP contribution in [0, 0.1) is 12.8 Å². The molecule has 1 saturated heterocycles. The molecule has 2 aliphatic rings. The van der Waals surface area contributed by atoms with Gasteiger partial charge in [-0.25, -0.2) is 4.98 Å². The number of aliphatic hydroxyl groups is 3. The molecule has 0 radical (unpaired) electrons. The topological polar surface area (TPSA) is 87.7 Å². The van der Waals surface area contributed by atoms with Gasteiger partial charge in [0.25, 0.3) is 0 Å². The van der Waals surface area contributed by atoms with Gasteiger partial charge in [-0.05, 0) is 43.4 Å². The molecule has 0 aromatic carbocycles. The van der Waals surface area contributed by atoms with Crippen LogP contribution in [0.15, 0.2) is 24.5 Å². The molecule has 3 heterocycles. The molecule has 4 rings (SSSR count). The number of nitrogens with zero attached hydrogens (tertiary/aromatic N) is 2. The molecule has 6 nitrogen and oxygen atoms in total. The van der Waals surface area contributed by atoms with Gasteiger partial charge in [-0.1, -0.05) is 6.42 Å². The zero-order chi connectivity index (χ0) is 16.1. The molecule has 0 spiro atoms. The number of pyridine rings is 1. The van der Waals surface area contributed by atoms with Gasteiger partial charge in [0.05, 0.1) is 6.10 Å². The lowest BCUT2D eigenvalue weighted by Gasteiger charge is -2.34. The average Bonchev–Trinajstić information content (AvgIpc) is 3.01. The molecule has 2 fully saturated rings. The summed E-state index contributed by atoms with van der Waals surface area (Å²) in [4.78, 5) is 4.37. The molecule has 2 aromatic rings. The number of hydrogen-bond acceptors (Lipinski definition) is 5. The van der Waals surface area contributed by atoms with Crippen molar-refractivity contribution in [2.24, 2.45) is 5.92 Å². The van der Waals surface area contributed by atoms with E-state index < -0.39 is 30.6 Å². The number of aliphatic hydroxyl groups excluding tert-OH is 3. The molecule has 0 bridgehead atoms. The minimum Gasteiger partial charge on any atom is -0.390 e. The molecule has 2 aromatic heterocycles. The van der Waals surface area contributed by atoms with Gasteiger partial charge in [0.2, 0.25) is 0 Å². The fraction of sp³-hybridized carbons (Fsp3) is 0.588. The summed E-state index contributed by atoms with van der Waals surface area (Å²) in [6.07, 6.45) is 2.08. The van der Waals surface area contributed by atoms with E-state index in [9.17, 15) is 15.3 Å². The maximum Gasteiger partial charge on any atom is 0.164 e. The minimum atomic E-state index is -1.10. The Bertz CT molecular complexity index is 712. The second-order valence-corrected chi connectivity index (χ2v) is 6.74. The van der Waals surface area contributed by atoms with Crippen molar-refractivity contribution in [1.29, 1.82) is 0 Å². The Kier molecular flexibility index (Phi) is 3.65. The summed E-state index contributed by atoms with van der Waals surface area (Å²) in [5, 5.41) is 32.1. The molecule has 5 atom stereocenters. The molecule has 23 heavy (non-hydrogen) atoms. The van der Waals surface area contributed by atoms with Crippen LogP contribution in [0.25, 0.3) is 11.0 Å². The van der Waals surface area contributed by atoms with Crippen LogP contribution in [-0.4, -0.2) is 49.3 Å². The second-order valence-electron chi connectivity index (χ2n) is 6.74. The lowest BCUT2D eigenvalue weighted by atomic mass is 9.78. The van der Waals surface area contributed by atoms with Gasteiger partial charge >= 0.3 is 0 Å². The second kappa shape index (κ2) is 5.56. The number of rotatable bonds is 3. The molecular formula is C17H22N2O4. The Morgan fingerprint density at radius 2 is 2.04 bits per heavy atom. The summed E-state index contributed by atoms with van der Waals surface area (Å²) < 4.78 is 7.61. The van der Waals surface area contributed by atoms with Gasteiger partial charge in [0, 0.05) is 17.8 Å². The highest BCUT2D eigenvalue weighted by molar-refractivity contribution is 5.79. The summed E-state index contributed by atoms with van der Waals surface area (Å²) in [6.45, 7) is 2.00. The molecule has 124 valence electrons. The van der Waals surface area contributed by atoms with E-state index in [0.29, 0.717) is 5.65 Å². The van der Waals surface area contributed by atoms with Crippen molar-refractivity contribution in [3.8, 4) is 0 Å². The molecule has 0 amide bonds. The van der Waals surface area contributed by atoms with Crippen molar-refractivity contribution in [2.75, 3.05) is 0 Å². The van der Waals surface area contributed by atoms with Crippen LogP contribution in [0.2, 0.25) is 0 Å². The van der Waals surface area contributed by atoms with Crippen molar-refractivity contribution in [2.45, 2.75) is 56.8 Å². The Morgan fingerprint density at radius 1 is 1.26 bits per heavy atom. The molecule has 0 unspecified atom stereocenters. The molecule has 6 heteroatoms. The first kappa shape index (κ1) is 15.1. The summed E-state index contributed by atoms with van der Waals surface area (Å²) in [5.74, 6) is 0.155. The standard InChI is InChI=1S/C17H22N2O4/c1-9-5-7-18-16-11(9)6-8-19(16)17-14(22)13(21)15(23-17)12(20)10-3-2-4-10/h5-8,10,12-15,17,20-22H,2-4H2,1H3/t12-,13+,14-,15-,17-/m1/s1. The van der Waals surface area contributed by atoms with Crippen LogP contribution in [0.5, 0.6) is 0 Å². The highest BCUT2D eigenvalue weighted by Gasteiger charge is 2.49. The van der Waals surface area contributed by atoms with Gasteiger partial charge in [-0.3, -0.25) is 0 Å². The quantitative estimate of drug-likeness (QED) is 0.789. The fourth-order valence-electron chi connectivity index (χ4n) is 3.65. The van der Waals surface area contributed by atoms with Crippen LogP contribution in [0.4, 0.5) is 0 Å². The van der Waals surface area contributed by atoms with E-state index in [2.05, 4.69) is 4.98 Å². The van der Waals surface area contributed by atoms with Crippen molar-refractivity contribution in [1.82, 2.24) is 9.55 Å². The zero-order valence-electron chi connectivity index (χ0n) is 13.0. The normalized spacial score (nSPS) is 33.0. The highest BCUT2D eigenvalue weighted by atomic mass is 16.6. The van der Waals surface area contributed by atoms with Crippen LogP contribution in [-0.2, 0) is 4.74 Å². The first-order chi connectivity index (χ1) is 11.1. The molecule has 3 N–H and O–H groups in total. The SMILES string of the molecule is Cc1ccnc2c1ccn2[C@@H]1O[C@H]([C@H](O)C2CCC2)[C@@H](O)[C@H]1O. The van der Waals surface area contributed by atoms with E-state index in [1.807, 2.05) is 25.3 Å². The smallest absolute Gasteiger partial charge is 0.164 e. The molecular weight excluding hydrogens is 296 g/mol. The summed E-state index contributed by atoms with van der Waals surface area (Å²) in [7, 11) is 0. The monoisotopic (exact) mass is 318 g/mol. The van der Waals surface area contributed by atoms with Crippen molar-refractivity contribution in [3.05, 3.63) is 30.1 Å².